The Balaban J connectivity index is 2.17. The molecule has 2 N–H and O–H groups in total. The smallest absolute Gasteiger partial charge is 0.199 e. The van der Waals surface area contributed by atoms with Gasteiger partial charge in [-0.2, -0.15) is 5.10 Å². The van der Waals surface area contributed by atoms with E-state index in [4.69, 9.17) is 17.3 Å². The summed E-state index contributed by atoms with van der Waals surface area (Å²) in [7, 11) is 0. The van der Waals surface area contributed by atoms with Gasteiger partial charge in [-0.3, -0.25) is 9.48 Å². The summed E-state index contributed by atoms with van der Waals surface area (Å²) in [4.78, 5) is 12.3. The van der Waals surface area contributed by atoms with Crippen LogP contribution in [-0.4, -0.2) is 21.6 Å². The van der Waals surface area contributed by atoms with Crippen molar-refractivity contribution in [2.75, 3.05) is 0 Å². The van der Waals surface area contributed by atoms with E-state index in [1.165, 1.54) is 6.20 Å². The molecule has 0 saturated carbocycles. The Morgan fingerprint density at radius 1 is 1.42 bits per heavy atom. The molecule has 2 rings (SSSR count). The summed E-state index contributed by atoms with van der Waals surface area (Å²) in [6.45, 7) is 2.49. The zero-order valence-electron chi connectivity index (χ0n) is 10.7. The number of hydrogen-bond acceptors (Lipinski definition) is 3. The number of nitrogens with zero attached hydrogens (tertiary/aromatic N) is 2. The molecule has 0 spiro atoms. The Kier molecular flexibility index (Phi) is 4.35. The third-order valence-electron chi connectivity index (χ3n) is 2.96. The highest BCUT2D eigenvalue weighted by Crippen LogP contribution is 2.17. The molecule has 2 aromatic rings. The molecule has 19 heavy (non-hydrogen) atoms. The average Bonchev–Trinajstić information content (AvgIpc) is 2.80. The predicted octanol–water partition coefficient (Wildman–Crippen LogP) is 2.31. The molecule has 4 nitrogen and oxygen atoms in total. The van der Waals surface area contributed by atoms with Gasteiger partial charge in [-0.25, -0.2) is 0 Å². The van der Waals surface area contributed by atoms with Crippen molar-refractivity contribution in [3.05, 3.63) is 52.8 Å². The quantitative estimate of drug-likeness (QED) is 0.853. The average molecular weight is 278 g/mol. The Bertz CT molecular complexity index is 565. The minimum absolute atomic E-state index is 0.173. The van der Waals surface area contributed by atoms with Crippen LogP contribution in [0.15, 0.2) is 36.5 Å². The Labute approximate surface area is 117 Å². The lowest BCUT2D eigenvalue weighted by molar-refractivity contribution is 0.0950. The zero-order chi connectivity index (χ0) is 13.8. The van der Waals surface area contributed by atoms with Crippen LogP contribution in [0.25, 0.3) is 0 Å². The highest BCUT2D eigenvalue weighted by atomic mass is 35.5. The molecule has 1 aromatic heterocycles. The van der Waals surface area contributed by atoms with E-state index in [9.17, 15) is 4.79 Å². The number of hydrogen-bond donors (Lipinski definition) is 1. The van der Waals surface area contributed by atoms with E-state index >= 15 is 0 Å². The number of carbonyl (C=O) groups excluding carboxylic acids is 1. The minimum atomic E-state index is -0.609. The van der Waals surface area contributed by atoms with Crippen molar-refractivity contribution in [3.8, 4) is 0 Å². The maximum atomic E-state index is 12.3. The summed E-state index contributed by atoms with van der Waals surface area (Å²) in [5.74, 6) is -0.173. The van der Waals surface area contributed by atoms with Gasteiger partial charge < -0.3 is 5.73 Å². The molecule has 1 unspecified atom stereocenters. The maximum Gasteiger partial charge on any atom is 0.199 e. The summed E-state index contributed by atoms with van der Waals surface area (Å²) in [5.41, 5.74) is 7.41. The van der Waals surface area contributed by atoms with Crippen LogP contribution in [0.5, 0.6) is 0 Å². The van der Waals surface area contributed by atoms with Gasteiger partial charge >= 0.3 is 0 Å². The van der Waals surface area contributed by atoms with Crippen LogP contribution in [0.3, 0.4) is 0 Å². The first-order chi connectivity index (χ1) is 9.13. The van der Waals surface area contributed by atoms with Crippen LogP contribution < -0.4 is 5.73 Å². The van der Waals surface area contributed by atoms with E-state index < -0.39 is 6.04 Å². The lowest BCUT2D eigenvalue weighted by atomic mass is 10.0. The molecule has 1 atom stereocenters. The first-order valence-electron chi connectivity index (χ1n) is 6.18. The van der Waals surface area contributed by atoms with Crippen molar-refractivity contribution >= 4 is 17.4 Å². The fraction of sp³-hybridized carbons (Fsp3) is 0.286. The standard InChI is InChI=1S/C14H16ClN3O/c1-2-18-13(11(15)9-17-18)14(19)12(16)8-10-6-4-3-5-7-10/h3-7,9,12H,2,8,16H2,1H3. The molecule has 0 aliphatic rings. The zero-order valence-corrected chi connectivity index (χ0v) is 11.5. The second-order valence-corrected chi connectivity index (χ2v) is 4.72. The number of Topliss-reactive ketones (excluding diaryl/α,β-unsaturated/α-hetero) is 1. The van der Waals surface area contributed by atoms with Gasteiger partial charge in [-0.05, 0) is 18.9 Å². The number of benzene rings is 1. The van der Waals surface area contributed by atoms with Crippen molar-refractivity contribution in [1.82, 2.24) is 9.78 Å². The number of halogens is 1. The molecule has 0 amide bonds. The number of ketones is 1. The number of rotatable bonds is 5. The molecule has 0 aliphatic heterocycles. The van der Waals surface area contributed by atoms with E-state index in [1.54, 1.807) is 4.68 Å². The molecule has 1 aromatic carbocycles. The van der Waals surface area contributed by atoms with Crippen LogP contribution >= 0.6 is 11.6 Å². The van der Waals surface area contributed by atoms with Crippen LogP contribution in [0.1, 0.15) is 23.0 Å². The molecule has 100 valence electrons. The van der Waals surface area contributed by atoms with E-state index in [0.29, 0.717) is 23.7 Å². The van der Waals surface area contributed by atoms with Crippen molar-refractivity contribution < 1.29 is 4.79 Å². The van der Waals surface area contributed by atoms with Crippen molar-refractivity contribution in [2.45, 2.75) is 25.9 Å². The van der Waals surface area contributed by atoms with Crippen LogP contribution in [-0.2, 0) is 13.0 Å². The number of aromatic nitrogens is 2. The highest BCUT2D eigenvalue weighted by Gasteiger charge is 2.23. The van der Waals surface area contributed by atoms with Crippen LogP contribution in [0.4, 0.5) is 0 Å². The number of nitrogens with two attached hydrogens (primary N) is 1. The lowest BCUT2D eigenvalue weighted by Crippen LogP contribution is -2.34. The second kappa shape index (κ2) is 5.99. The number of aryl methyl sites for hydroxylation is 1. The molecule has 1 heterocycles. The van der Waals surface area contributed by atoms with Crippen LogP contribution in [0, 0.1) is 0 Å². The van der Waals surface area contributed by atoms with Gasteiger partial charge in [0.25, 0.3) is 0 Å². The van der Waals surface area contributed by atoms with Crippen molar-refractivity contribution in [3.63, 3.8) is 0 Å². The second-order valence-electron chi connectivity index (χ2n) is 4.32. The van der Waals surface area contributed by atoms with Gasteiger partial charge in [0.2, 0.25) is 0 Å². The third kappa shape index (κ3) is 3.03. The summed E-state index contributed by atoms with van der Waals surface area (Å²) < 4.78 is 1.58. The SMILES string of the molecule is CCn1ncc(Cl)c1C(=O)C(N)Cc1ccccc1. The molecule has 5 heteroatoms. The molecule has 0 saturated heterocycles. The van der Waals surface area contributed by atoms with Gasteiger partial charge in [-0.15, -0.1) is 0 Å². The minimum Gasteiger partial charge on any atom is -0.321 e. The highest BCUT2D eigenvalue weighted by molar-refractivity contribution is 6.33. The first kappa shape index (κ1) is 13.8. The van der Waals surface area contributed by atoms with Gasteiger partial charge in [-0.1, -0.05) is 41.9 Å². The van der Waals surface area contributed by atoms with Gasteiger partial charge in [0.05, 0.1) is 17.3 Å². The van der Waals surface area contributed by atoms with Gasteiger partial charge in [0.1, 0.15) is 5.69 Å². The fourth-order valence-corrected chi connectivity index (χ4v) is 2.22. The van der Waals surface area contributed by atoms with Crippen LogP contribution in [0.2, 0.25) is 5.02 Å². The Morgan fingerprint density at radius 2 is 2.11 bits per heavy atom. The fourth-order valence-electron chi connectivity index (χ4n) is 1.98. The normalized spacial score (nSPS) is 12.4. The van der Waals surface area contributed by atoms with Gasteiger partial charge in [0.15, 0.2) is 5.78 Å². The third-order valence-corrected chi connectivity index (χ3v) is 3.24. The topological polar surface area (TPSA) is 60.9 Å². The van der Waals surface area contributed by atoms with E-state index in [0.717, 1.165) is 5.56 Å². The van der Waals surface area contributed by atoms with E-state index in [2.05, 4.69) is 5.10 Å². The van der Waals surface area contributed by atoms with E-state index in [1.807, 2.05) is 37.3 Å². The van der Waals surface area contributed by atoms with E-state index in [-0.39, 0.29) is 5.78 Å². The van der Waals surface area contributed by atoms with Crippen molar-refractivity contribution in [2.24, 2.45) is 5.73 Å². The summed E-state index contributed by atoms with van der Waals surface area (Å²) in [6, 6.07) is 9.07. The monoisotopic (exact) mass is 277 g/mol. The Hall–Kier alpha value is -1.65. The summed E-state index contributed by atoms with van der Waals surface area (Å²) in [5, 5.41) is 4.41. The predicted molar refractivity (Wildman–Crippen MR) is 75.4 cm³/mol. The number of carbonyl (C=O) groups is 1. The maximum absolute atomic E-state index is 12.3. The van der Waals surface area contributed by atoms with Crippen molar-refractivity contribution in [1.29, 1.82) is 0 Å². The molecular formula is C14H16ClN3O. The molecular weight excluding hydrogens is 262 g/mol. The lowest BCUT2D eigenvalue weighted by Gasteiger charge is -2.12. The largest absolute Gasteiger partial charge is 0.321 e. The molecule has 0 aliphatic carbocycles. The van der Waals surface area contributed by atoms with Gasteiger partial charge in [0, 0.05) is 6.54 Å². The molecule has 0 bridgehead atoms. The summed E-state index contributed by atoms with van der Waals surface area (Å²) in [6.07, 6.45) is 1.97. The summed E-state index contributed by atoms with van der Waals surface area (Å²) >= 11 is 6.01. The molecule has 0 radical (unpaired) electrons. The molecule has 0 fully saturated rings. The first-order valence-corrected chi connectivity index (χ1v) is 6.56. The Morgan fingerprint density at radius 3 is 2.74 bits per heavy atom.